The minimum absolute atomic E-state index is 0. The van der Waals surface area contributed by atoms with Gasteiger partial charge in [0.15, 0.2) is 0 Å². The van der Waals surface area contributed by atoms with Gasteiger partial charge in [-0.15, -0.1) is 12.4 Å². The molecule has 1 heterocycles. The summed E-state index contributed by atoms with van der Waals surface area (Å²) in [6.07, 6.45) is 0. The molecule has 8 heteroatoms. The third kappa shape index (κ3) is 4.44. The monoisotopic (exact) mass is 362 g/mol. The van der Waals surface area contributed by atoms with E-state index in [9.17, 15) is 13.2 Å². The summed E-state index contributed by atoms with van der Waals surface area (Å²) in [5.41, 5.74) is 0.350. The quantitative estimate of drug-likeness (QED) is 0.824. The summed E-state index contributed by atoms with van der Waals surface area (Å²) in [4.78, 5) is 11.8. The minimum atomic E-state index is -3.56. The molecular formula is C15H23ClN2O4S. The van der Waals surface area contributed by atoms with Gasteiger partial charge in [-0.05, 0) is 45.0 Å². The van der Waals surface area contributed by atoms with E-state index in [0.29, 0.717) is 18.7 Å². The number of halogens is 1. The smallest absolute Gasteiger partial charge is 0.338 e. The Morgan fingerprint density at radius 2 is 1.91 bits per heavy atom. The van der Waals surface area contributed by atoms with Crippen molar-refractivity contribution in [2.75, 3.05) is 19.7 Å². The normalized spacial score (nSPS) is 22.2. The molecule has 6 nitrogen and oxygen atoms in total. The third-order valence-electron chi connectivity index (χ3n) is 3.68. The van der Waals surface area contributed by atoms with E-state index in [-0.39, 0.29) is 36.0 Å². The first-order valence-corrected chi connectivity index (χ1v) is 8.82. The number of nitrogens with one attached hydrogen (secondary N) is 1. The third-order valence-corrected chi connectivity index (χ3v) is 5.67. The van der Waals surface area contributed by atoms with Gasteiger partial charge in [0, 0.05) is 25.2 Å². The van der Waals surface area contributed by atoms with E-state index in [0.717, 1.165) is 0 Å². The lowest BCUT2D eigenvalue weighted by molar-refractivity contribution is 0.0526. The Morgan fingerprint density at radius 1 is 1.30 bits per heavy atom. The van der Waals surface area contributed by atoms with Crippen LogP contribution in [0, 0.1) is 0 Å². The second-order valence-electron chi connectivity index (χ2n) is 5.48. The van der Waals surface area contributed by atoms with Crippen LogP contribution < -0.4 is 5.32 Å². The van der Waals surface area contributed by atoms with E-state index < -0.39 is 16.0 Å². The van der Waals surface area contributed by atoms with Crippen molar-refractivity contribution in [1.29, 1.82) is 0 Å². The van der Waals surface area contributed by atoms with Crippen LogP contribution >= 0.6 is 12.4 Å². The average Bonchev–Trinajstić information content (AvgIpc) is 2.50. The van der Waals surface area contributed by atoms with Gasteiger partial charge in [0.05, 0.1) is 17.1 Å². The summed E-state index contributed by atoms with van der Waals surface area (Å²) in [5.74, 6) is -0.449. The molecule has 1 aliphatic heterocycles. The van der Waals surface area contributed by atoms with Crippen LogP contribution in [-0.4, -0.2) is 50.5 Å². The maximum atomic E-state index is 12.7. The van der Waals surface area contributed by atoms with Gasteiger partial charge >= 0.3 is 5.97 Å². The van der Waals surface area contributed by atoms with Crippen LogP contribution in [0.25, 0.3) is 0 Å². The number of benzene rings is 1. The van der Waals surface area contributed by atoms with Crippen LogP contribution in [0.2, 0.25) is 0 Å². The number of carbonyl (C=O) groups excluding carboxylic acids is 1. The van der Waals surface area contributed by atoms with Gasteiger partial charge in [-0.1, -0.05) is 0 Å². The van der Waals surface area contributed by atoms with E-state index in [1.165, 1.54) is 28.6 Å². The van der Waals surface area contributed by atoms with Crippen molar-refractivity contribution in [1.82, 2.24) is 9.62 Å². The number of ether oxygens (including phenoxy) is 1. The Bertz CT molecular complexity index is 633. The molecule has 0 amide bonds. The number of carbonyl (C=O) groups is 1. The van der Waals surface area contributed by atoms with Crippen LogP contribution in [0.3, 0.4) is 0 Å². The number of hydrogen-bond donors (Lipinski definition) is 1. The van der Waals surface area contributed by atoms with Crippen LogP contribution in [0.5, 0.6) is 0 Å². The lowest BCUT2D eigenvalue weighted by atomic mass is 10.2. The Morgan fingerprint density at radius 3 is 2.48 bits per heavy atom. The van der Waals surface area contributed by atoms with Crippen LogP contribution in [-0.2, 0) is 14.8 Å². The lowest BCUT2D eigenvalue weighted by Gasteiger charge is -2.36. The van der Waals surface area contributed by atoms with Gasteiger partial charge in [0.25, 0.3) is 0 Å². The highest BCUT2D eigenvalue weighted by Gasteiger charge is 2.33. The van der Waals surface area contributed by atoms with E-state index in [4.69, 9.17) is 4.74 Å². The van der Waals surface area contributed by atoms with E-state index in [2.05, 4.69) is 5.32 Å². The minimum Gasteiger partial charge on any atom is -0.462 e. The molecule has 23 heavy (non-hydrogen) atoms. The molecule has 1 aromatic rings. The first-order chi connectivity index (χ1) is 10.4. The van der Waals surface area contributed by atoms with Gasteiger partial charge in [0.2, 0.25) is 10.0 Å². The summed E-state index contributed by atoms with van der Waals surface area (Å²) < 4.78 is 31.9. The van der Waals surface area contributed by atoms with E-state index in [1.807, 2.05) is 13.8 Å². The second-order valence-corrected chi connectivity index (χ2v) is 7.37. The number of rotatable bonds is 4. The highest BCUT2D eigenvalue weighted by atomic mass is 35.5. The largest absolute Gasteiger partial charge is 0.462 e. The zero-order chi connectivity index (χ0) is 16.3. The predicted molar refractivity (Wildman–Crippen MR) is 90.5 cm³/mol. The zero-order valence-electron chi connectivity index (χ0n) is 13.5. The number of esters is 1. The molecule has 2 rings (SSSR count). The fraction of sp³-hybridized carbons (Fsp3) is 0.533. The molecule has 2 unspecified atom stereocenters. The summed E-state index contributed by atoms with van der Waals surface area (Å²) >= 11 is 0. The molecule has 1 saturated heterocycles. The fourth-order valence-corrected chi connectivity index (χ4v) is 4.15. The highest BCUT2D eigenvalue weighted by Crippen LogP contribution is 2.21. The van der Waals surface area contributed by atoms with Crippen molar-refractivity contribution in [3.63, 3.8) is 0 Å². The van der Waals surface area contributed by atoms with Crippen molar-refractivity contribution in [2.24, 2.45) is 0 Å². The first kappa shape index (κ1) is 19.9. The molecule has 1 fully saturated rings. The number of hydrogen-bond acceptors (Lipinski definition) is 5. The summed E-state index contributed by atoms with van der Waals surface area (Å²) in [7, 11) is -3.56. The SMILES string of the molecule is CCOC(=O)c1ccc(S(=O)(=O)N2CC(C)NCC2C)cc1.Cl. The molecular weight excluding hydrogens is 340 g/mol. The molecule has 0 aliphatic carbocycles. The molecule has 1 N–H and O–H groups in total. The molecule has 130 valence electrons. The number of nitrogens with zero attached hydrogens (tertiary/aromatic N) is 1. The lowest BCUT2D eigenvalue weighted by Crippen LogP contribution is -2.56. The second kappa shape index (κ2) is 8.10. The van der Waals surface area contributed by atoms with Crippen LogP contribution in [0.15, 0.2) is 29.2 Å². The van der Waals surface area contributed by atoms with Crippen molar-refractivity contribution in [2.45, 2.75) is 37.8 Å². The Kier molecular flexibility index (Phi) is 7.01. The topological polar surface area (TPSA) is 75.7 Å². The Labute approximate surface area is 143 Å². The summed E-state index contributed by atoms with van der Waals surface area (Å²) in [6, 6.07) is 5.90. The molecule has 0 saturated carbocycles. The van der Waals surface area contributed by atoms with E-state index in [1.54, 1.807) is 6.92 Å². The van der Waals surface area contributed by atoms with Gasteiger partial charge in [-0.2, -0.15) is 4.31 Å². The van der Waals surface area contributed by atoms with Crippen molar-refractivity contribution < 1.29 is 17.9 Å². The Hall–Kier alpha value is -1.15. The average molecular weight is 363 g/mol. The maximum Gasteiger partial charge on any atom is 0.338 e. The molecule has 0 spiro atoms. The Balaban J connectivity index is 0.00000264. The molecule has 0 bridgehead atoms. The van der Waals surface area contributed by atoms with Gasteiger partial charge in [0.1, 0.15) is 0 Å². The molecule has 0 aromatic heterocycles. The van der Waals surface area contributed by atoms with Crippen LogP contribution in [0.1, 0.15) is 31.1 Å². The maximum absolute atomic E-state index is 12.7. The fourth-order valence-electron chi connectivity index (χ4n) is 2.44. The summed E-state index contributed by atoms with van der Waals surface area (Å²) in [5, 5.41) is 3.26. The molecule has 1 aromatic carbocycles. The van der Waals surface area contributed by atoms with Gasteiger partial charge in [-0.3, -0.25) is 0 Å². The first-order valence-electron chi connectivity index (χ1n) is 7.38. The van der Waals surface area contributed by atoms with Crippen molar-refractivity contribution >= 4 is 28.4 Å². The highest BCUT2D eigenvalue weighted by molar-refractivity contribution is 7.89. The summed E-state index contributed by atoms with van der Waals surface area (Å²) in [6.45, 7) is 6.91. The van der Waals surface area contributed by atoms with Crippen molar-refractivity contribution in [3.05, 3.63) is 29.8 Å². The standard InChI is InChI=1S/C15H22N2O4S.ClH/c1-4-21-15(18)13-5-7-14(8-6-13)22(19,20)17-10-11(2)16-9-12(17)3;/h5-8,11-12,16H,4,9-10H2,1-3H3;1H. The van der Waals surface area contributed by atoms with Crippen LogP contribution in [0.4, 0.5) is 0 Å². The van der Waals surface area contributed by atoms with Gasteiger partial charge < -0.3 is 10.1 Å². The zero-order valence-corrected chi connectivity index (χ0v) is 15.1. The molecule has 0 radical (unpaired) electrons. The van der Waals surface area contributed by atoms with Crippen molar-refractivity contribution in [3.8, 4) is 0 Å². The number of sulfonamides is 1. The molecule has 1 aliphatic rings. The number of piperazine rings is 1. The molecule has 2 atom stereocenters. The van der Waals surface area contributed by atoms with E-state index >= 15 is 0 Å². The predicted octanol–water partition coefficient (Wildman–Crippen LogP) is 1.66. The van der Waals surface area contributed by atoms with Gasteiger partial charge in [-0.25, -0.2) is 13.2 Å².